The van der Waals surface area contributed by atoms with Crippen LogP contribution in [0, 0.1) is 11.3 Å². The van der Waals surface area contributed by atoms with Crippen molar-refractivity contribution in [3.05, 3.63) is 35.9 Å². The van der Waals surface area contributed by atoms with E-state index in [9.17, 15) is 4.79 Å². The smallest absolute Gasteiger partial charge is 0.407 e. The van der Waals surface area contributed by atoms with Gasteiger partial charge in [-0.1, -0.05) is 30.3 Å². The molecule has 1 fully saturated rings. The number of likely N-dealkylation sites (tertiary alicyclic amines) is 1. The summed E-state index contributed by atoms with van der Waals surface area (Å²) in [6, 6.07) is 9.58. The number of nitrogens with two attached hydrogens (primary N) is 1. The topological polar surface area (TPSA) is 91.4 Å². The van der Waals surface area contributed by atoms with Gasteiger partial charge in [-0.25, -0.2) is 4.79 Å². The summed E-state index contributed by atoms with van der Waals surface area (Å²) in [7, 11) is 0. The molecule has 1 amide bonds. The monoisotopic (exact) mass is 326 g/mol. The number of rotatable bonds is 4. The Hall–Kier alpha value is -1.95. The normalized spacial score (nSPS) is 17.3. The Morgan fingerprint density at radius 2 is 2.14 bits per heavy atom. The van der Waals surface area contributed by atoms with E-state index in [1.165, 1.54) is 0 Å². The van der Waals surface area contributed by atoms with Crippen molar-refractivity contribution in [1.82, 2.24) is 10.2 Å². The minimum absolute atomic E-state index is 0. The first-order valence-electron chi connectivity index (χ1n) is 7.18. The van der Waals surface area contributed by atoms with E-state index in [0.29, 0.717) is 19.0 Å². The molecule has 1 saturated heterocycles. The van der Waals surface area contributed by atoms with Crippen LogP contribution in [0.2, 0.25) is 0 Å². The summed E-state index contributed by atoms with van der Waals surface area (Å²) in [5.41, 5.74) is 6.46. The number of nitrogens with one attached hydrogen (secondary N) is 2. The van der Waals surface area contributed by atoms with Gasteiger partial charge in [0.1, 0.15) is 6.61 Å². The third-order valence-corrected chi connectivity index (χ3v) is 3.61. The number of ether oxygens (including phenoxy) is 1. The Bertz CT molecular complexity index is 484. The lowest BCUT2D eigenvalue weighted by molar-refractivity contribution is 0.135. The number of benzene rings is 1. The molecule has 1 aliphatic heterocycles. The number of carbonyl (C=O) groups is 1. The minimum atomic E-state index is -0.404. The molecule has 1 atom stereocenters. The van der Waals surface area contributed by atoms with Gasteiger partial charge in [0.05, 0.1) is 0 Å². The van der Waals surface area contributed by atoms with Gasteiger partial charge in [-0.05, 0) is 24.3 Å². The fourth-order valence-corrected chi connectivity index (χ4v) is 2.45. The molecule has 0 unspecified atom stereocenters. The van der Waals surface area contributed by atoms with Crippen molar-refractivity contribution in [2.24, 2.45) is 11.7 Å². The highest BCUT2D eigenvalue weighted by molar-refractivity contribution is 5.85. The molecule has 2 rings (SSSR count). The summed E-state index contributed by atoms with van der Waals surface area (Å²) < 4.78 is 5.16. The van der Waals surface area contributed by atoms with Crippen molar-refractivity contribution >= 4 is 24.5 Å². The van der Waals surface area contributed by atoms with E-state index in [0.717, 1.165) is 24.9 Å². The highest BCUT2D eigenvalue weighted by atomic mass is 35.5. The van der Waals surface area contributed by atoms with Crippen LogP contribution in [0.4, 0.5) is 4.79 Å². The fraction of sp³-hybridized carbons (Fsp3) is 0.467. The molecule has 7 heteroatoms. The average molecular weight is 327 g/mol. The van der Waals surface area contributed by atoms with Crippen molar-refractivity contribution in [2.75, 3.05) is 19.6 Å². The number of hydrogen-bond donors (Lipinski definition) is 3. The molecule has 1 aliphatic rings. The van der Waals surface area contributed by atoms with Crippen molar-refractivity contribution in [2.45, 2.75) is 19.4 Å². The molecule has 0 radical (unpaired) electrons. The van der Waals surface area contributed by atoms with Gasteiger partial charge < -0.3 is 20.7 Å². The first-order chi connectivity index (χ1) is 10.1. The first kappa shape index (κ1) is 18.1. The van der Waals surface area contributed by atoms with Gasteiger partial charge in [0.15, 0.2) is 5.96 Å². The van der Waals surface area contributed by atoms with Crippen LogP contribution in [0.3, 0.4) is 0 Å². The van der Waals surface area contributed by atoms with Gasteiger partial charge in [0.25, 0.3) is 0 Å². The summed E-state index contributed by atoms with van der Waals surface area (Å²) >= 11 is 0. The zero-order chi connectivity index (χ0) is 15.1. The predicted octanol–water partition coefficient (Wildman–Crippen LogP) is 1.94. The molecule has 0 aliphatic carbocycles. The zero-order valence-electron chi connectivity index (χ0n) is 12.5. The molecule has 0 saturated carbocycles. The maximum absolute atomic E-state index is 11.7. The van der Waals surface area contributed by atoms with Crippen LogP contribution >= 0.6 is 12.4 Å². The Labute approximate surface area is 136 Å². The molecular weight excluding hydrogens is 304 g/mol. The molecule has 22 heavy (non-hydrogen) atoms. The van der Waals surface area contributed by atoms with Crippen molar-refractivity contribution in [3.63, 3.8) is 0 Å². The molecule has 122 valence electrons. The molecule has 1 aromatic carbocycles. The molecule has 1 heterocycles. The van der Waals surface area contributed by atoms with Gasteiger partial charge in [-0.2, -0.15) is 0 Å². The molecule has 6 nitrogen and oxygen atoms in total. The van der Waals surface area contributed by atoms with Gasteiger partial charge in [-0.3, -0.25) is 5.41 Å². The number of hydrogen-bond acceptors (Lipinski definition) is 3. The van der Waals surface area contributed by atoms with Gasteiger partial charge >= 0.3 is 6.09 Å². The Morgan fingerprint density at radius 1 is 1.41 bits per heavy atom. The lowest BCUT2D eigenvalue weighted by Crippen LogP contribution is -2.46. The third-order valence-electron chi connectivity index (χ3n) is 3.61. The van der Waals surface area contributed by atoms with Crippen molar-refractivity contribution < 1.29 is 9.53 Å². The number of halogens is 1. The van der Waals surface area contributed by atoms with Crippen LogP contribution in [-0.2, 0) is 11.3 Å². The largest absolute Gasteiger partial charge is 0.445 e. The van der Waals surface area contributed by atoms with Gasteiger partial charge in [-0.15, -0.1) is 12.4 Å². The standard InChI is InChI=1S/C15H22N4O2.ClH/c16-14(17)19-8-4-7-13(10-19)9-18-15(20)21-11-12-5-2-1-3-6-12;/h1-3,5-6,13H,4,7-11H2,(H3,16,17)(H,18,20);1H/t13-;/m0./s1. The Kier molecular flexibility index (Phi) is 7.52. The van der Waals surface area contributed by atoms with E-state index in [1.54, 1.807) is 0 Å². The molecule has 0 aromatic heterocycles. The lowest BCUT2D eigenvalue weighted by Gasteiger charge is -2.32. The van der Waals surface area contributed by atoms with Crippen LogP contribution in [-0.4, -0.2) is 36.6 Å². The summed E-state index contributed by atoms with van der Waals surface area (Å²) in [4.78, 5) is 13.5. The number of amides is 1. The summed E-state index contributed by atoms with van der Waals surface area (Å²) in [5, 5.41) is 10.2. The SMILES string of the molecule is Cl.N=C(N)N1CCC[C@@H](CNC(=O)OCc2ccccc2)C1. The van der Waals surface area contributed by atoms with E-state index in [1.807, 2.05) is 35.2 Å². The van der Waals surface area contributed by atoms with E-state index >= 15 is 0 Å². The van der Waals surface area contributed by atoms with E-state index in [-0.39, 0.29) is 25.0 Å². The number of nitrogens with zero attached hydrogens (tertiary/aromatic N) is 1. The second-order valence-electron chi connectivity index (χ2n) is 5.28. The number of carbonyl (C=O) groups excluding carboxylic acids is 1. The molecule has 0 bridgehead atoms. The number of guanidine groups is 1. The predicted molar refractivity (Wildman–Crippen MR) is 88.1 cm³/mol. The molecule has 0 spiro atoms. The average Bonchev–Trinajstić information content (AvgIpc) is 2.52. The lowest BCUT2D eigenvalue weighted by atomic mass is 9.98. The van der Waals surface area contributed by atoms with Crippen LogP contribution in [0.1, 0.15) is 18.4 Å². The Balaban J connectivity index is 0.00000242. The van der Waals surface area contributed by atoms with E-state index < -0.39 is 6.09 Å². The van der Waals surface area contributed by atoms with Crippen LogP contribution in [0.15, 0.2) is 30.3 Å². The van der Waals surface area contributed by atoms with E-state index in [4.69, 9.17) is 15.9 Å². The Morgan fingerprint density at radius 3 is 2.82 bits per heavy atom. The summed E-state index contributed by atoms with van der Waals surface area (Å²) in [6.07, 6.45) is 1.62. The summed E-state index contributed by atoms with van der Waals surface area (Å²) in [6.45, 7) is 2.37. The fourth-order valence-electron chi connectivity index (χ4n) is 2.45. The maximum Gasteiger partial charge on any atom is 0.407 e. The minimum Gasteiger partial charge on any atom is -0.445 e. The third kappa shape index (κ3) is 5.81. The number of alkyl carbamates (subject to hydrolysis) is 1. The maximum atomic E-state index is 11.7. The quantitative estimate of drug-likeness (QED) is 0.582. The first-order valence-corrected chi connectivity index (χ1v) is 7.18. The van der Waals surface area contributed by atoms with E-state index in [2.05, 4.69) is 5.32 Å². The van der Waals surface area contributed by atoms with Gasteiger partial charge in [0.2, 0.25) is 0 Å². The highest BCUT2D eigenvalue weighted by Crippen LogP contribution is 2.15. The van der Waals surface area contributed by atoms with Crippen LogP contribution in [0.25, 0.3) is 0 Å². The molecular formula is C15H23ClN4O2. The van der Waals surface area contributed by atoms with Crippen molar-refractivity contribution in [3.8, 4) is 0 Å². The van der Waals surface area contributed by atoms with Gasteiger partial charge in [0, 0.05) is 19.6 Å². The second kappa shape index (κ2) is 9.15. The molecule has 1 aromatic rings. The van der Waals surface area contributed by atoms with Crippen molar-refractivity contribution in [1.29, 1.82) is 5.41 Å². The number of piperidine rings is 1. The summed E-state index contributed by atoms with van der Waals surface area (Å²) in [5.74, 6) is 0.415. The van der Waals surface area contributed by atoms with Crippen LogP contribution < -0.4 is 11.1 Å². The molecule has 4 N–H and O–H groups in total. The van der Waals surface area contributed by atoms with Crippen LogP contribution in [0.5, 0.6) is 0 Å². The zero-order valence-corrected chi connectivity index (χ0v) is 13.3. The second-order valence-corrected chi connectivity index (χ2v) is 5.28. The highest BCUT2D eigenvalue weighted by Gasteiger charge is 2.21.